The van der Waals surface area contributed by atoms with Crippen LogP contribution in [0.3, 0.4) is 0 Å². The molecule has 1 aliphatic rings. The fraction of sp³-hybridized carbons (Fsp3) is 0.364. The molecule has 1 aromatic rings. The van der Waals surface area contributed by atoms with Crippen LogP contribution in [0, 0.1) is 5.92 Å². The molecule has 13 heavy (non-hydrogen) atoms. The molecule has 68 valence electrons. The summed E-state index contributed by atoms with van der Waals surface area (Å²) in [5.74, 6) is -0.0678. The van der Waals surface area contributed by atoms with E-state index in [-0.39, 0.29) is 11.7 Å². The van der Waals surface area contributed by atoms with E-state index in [1.807, 2.05) is 18.2 Å². The van der Waals surface area contributed by atoms with Crippen LogP contribution in [0.2, 0.25) is 0 Å². The average molecular weight is 176 g/mol. The van der Waals surface area contributed by atoms with Gasteiger partial charge in [-0.05, 0) is 12.8 Å². The molecule has 1 aromatic carbocycles. The van der Waals surface area contributed by atoms with E-state index < -0.39 is 6.10 Å². The first kappa shape index (κ1) is 8.45. The Hall–Kier alpha value is -1.15. The highest BCUT2D eigenvalue weighted by atomic mass is 16.3. The Morgan fingerprint density at radius 2 is 1.92 bits per heavy atom. The maximum absolute atomic E-state index is 11.7. The van der Waals surface area contributed by atoms with Crippen LogP contribution in [-0.2, 0) is 0 Å². The van der Waals surface area contributed by atoms with E-state index in [1.54, 1.807) is 12.1 Å². The Labute approximate surface area is 77.2 Å². The molecule has 2 rings (SSSR count). The molecule has 2 unspecified atom stereocenters. The van der Waals surface area contributed by atoms with Crippen LogP contribution < -0.4 is 0 Å². The van der Waals surface area contributed by atoms with Gasteiger partial charge in [-0.3, -0.25) is 4.79 Å². The molecule has 0 heterocycles. The third-order valence-electron chi connectivity index (χ3n) is 2.63. The Morgan fingerprint density at radius 1 is 1.23 bits per heavy atom. The number of Topliss-reactive ketones (excluding diaryl/α,β-unsaturated/α-hetero) is 1. The first-order valence-electron chi connectivity index (χ1n) is 4.56. The number of benzene rings is 1. The molecule has 1 fully saturated rings. The van der Waals surface area contributed by atoms with E-state index in [9.17, 15) is 9.90 Å². The molecule has 2 heteroatoms. The zero-order chi connectivity index (χ0) is 9.26. The van der Waals surface area contributed by atoms with Gasteiger partial charge in [-0.15, -0.1) is 0 Å². The van der Waals surface area contributed by atoms with Crippen molar-refractivity contribution in [1.82, 2.24) is 0 Å². The molecule has 0 saturated heterocycles. The van der Waals surface area contributed by atoms with Gasteiger partial charge in [0, 0.05) is 11.5 Å². The molecule has 1 aliphatic carbocycles. The fourth-order valence-corrected chi connectivity index (χ4v) is 1.60. The van der Waals surface area contributed by atoms with Crippen molar-refractivity contribution in [2.24, 2.45) is 5.92 Å². The van der Waals surface area contributed by atoms with Gasteiger partial charge in [0.2, 0.25) is 0 Å². The van der Waals surface area contributed by atoms with Gasteiger partial charge in [-0.2, -0.15) is 0 Å². The molecule has 0 radical (unpaired) electrons. The second-order valence-electron chi connectivity index (χ2n) is 3.48. The zero-order valence-corrected chi connectivity index (χ0v) is 7.31. The number of rotatable bonds is 2. The van der Waals surface area contributed by atoms with E-state index in [0.717, 1.165) is 12.8 Å². The van der Waals surface area contributed by atoms with Gasteiger partial charge in [0.05, 0.1) is 6.10 Å². The van der Waals surface area contributed by atoms with E-state index >= 15 is 0 Å². The van der Waals surface area contributed by atoms with Gasteiger partial charge >= 0.3 is 0 Å². The predicted molar refractivity (Wildman–Crippen MR) is 49.5 cm³/mol. The molecular formula is C11H12O2. The van der Waals surface area contributed by atoms with Gasteiger partial charge in [-0.25, -0.2) is 0 Å². The number of carbonyl (C=O) groups excluding carboxylic acids is 1. The van der Waals surface area contributed by atoms with Crippen molar-refractivity contribution >= 4 is 5.78 Å². The second kappa shape index (κ2) is 3.30. The number of ketones is 1. The normalized spacial score (nSPS) is 26.5. The van der Waals surface area contributed by atoms with Crippen LogP contribution >= 0.6 is 0 Å². The lowest BCUT2D eigenvalue weighted by Gasteiger charge is -2.30. The van der Waals surface area contributed by atoms with Crippen molar-refractivity contribution in [3.63, 3.8) is 0 Å². The molecule has 1 saturated carbocycles. The summed E-state index contributed by atoms with van der Waals surface area (Å²) >= 11 is 0. The highest BCUT2D eigenvalue weighted by molar-refractivity contribution is 5.98. The van der Waals surface area contributed by atoms with Gasteiger partial charge in [-0.1, -0.05) is 30.3 Å². The zero-order valence-electron chi connectivity index (χ0n) is 7.31. The van der Waals surface area contributed by atoms with Crippen molar-refractivity contribution in [3.05, 3.63) is 35.9 Å². The highest BCUT2D eigenvalue weighted by Crippen LogP contribution is 2.30. The first-order valence-corrected chi connectivity index (χ1v) is 4.56. The lowest BCUT2D eigenvalue weighted by molar-refractivity contribution is 0.0245. The SMILES string of the molecule is O=C(c1ccccc1)C1CCC1O. The summed E-state index contributed by atoms with van der Waals surface area (Å²) < 4.78 is 0. The second-order valence-corrected chi connectivity index (χ2v) is 3.48. The summed E-state index contributed by atoms with van der Waals surface area (Å²) in [6, 6.07) is 9.17. The van der Waals surface area contributed by atoms with Gasteiger partial charge in [0.15, 0.2) is 5.78 Å². The summed E-state index contributed by atoms with van der Waals surface area (Å²) in [6.07, 6.45) is 1.19. The van der Waals surface area contributed by atoms with Gasteiger partial charge in [0.1, 0.15) is 0 Å². The molecule has 1 N–H and O–H groups in total. The Balaban J connectivity index is 2.14. The average Bonchev–Trinajstić information content (AvgIpc) is 2.17. The summed E-state index contributed by atoms with van der Waals surface area (Å²) in [5.41, 5.74) is 0.714. The molecule has 0 amide bonds. The molecular weight excluding hydrogens is 164 g/mol. The van der Waals surface area contributed by atoms with E-state index in [0.29, 0.717) is 5.56 Å². The molecule has 0 aromatic heterocycles. The summed E-state index contributed by atoms with van der Waals surface area (Å²) in [7, 11) is 0. The minimum atomic E-state index is -0.410. The summed E-state index contributed by atoms with van der Waals surface area (Å²) in [4.78, 5) is 11.7. The van der Waals surface area contributed by atoms with Crippen LogP contribution in [0.5, 0.6) is 0 Å². The van der Waals surface area contributed by atoms with Crippen molar-refractivity contribution in [1.29, 1.82) is 0 Å². The molecule has 0 aliphatic heterocycles. The van der Waals surface area contributed by atoms with Crippen molar-refractivity contribution in [2.75, 3.05) is 0 Å². The number of carbonyl (C=O) groups is 1. The van der Waals surface area contributed by atoms with E-state index in [4.69, 9.17) is 0 Å². The minimum absolute atomic E-state index is 0.0827. The quantitative estimate of drug-likeness (QED) is 0.695. The van der Waals surface area contributed by atoms with Crippen LogP contribution in [0.25, 0.3) is 0 Å². The molecule has 0 bridgehead atoms. The first-order chi connectivity index (χ1) is 6.29. The van der Waals surface area contributed by atoms with Crippen molar-refractivity contribution in [2.45, 2.75) is 18.9 Å². The maximum Gasteiger partial charge on any atom is 0.168 e. The Morgan fingerprint density at radius 3 is 2.38 bits per heavy atom. The van der Waals surface area contributed by atoms with E-state index in [2.05, 4.69) is 0 Å². The lowest BCUT2D eigenvalue weighted by atomic mass is 9.77. The standard InChI is InChI=1S/C11H12O2/c12-10-7-6-9(10)11(13)8-4-2-1-3-5-8/h1-5,9-10,12H,6-7H2. The molecule has 0 spiro atoms. The third kappa shape index (κ3) is 1.49. The number of hydrogen-bond donors (Lipinski definition) is 1. The van der Waals surface area contributed by atoms with Crippen LogP contribution in [0.15, 0.2) is 30.3 Å². The molecule has 2 nitrogen and oxygen atoms in total. The monoisotopic (exact) mass is 176 g/mol. The third-order valence-corrected chi connectivity index (χ3v) is 2.63. The predicted octanol–water partition coefficient (Wildman–Crippen LogP) is 1.64. The van der Waals surface area contributed by atoms with Crippen molar-refractivity contribution in [3.8, 4) is 0 Å². The number of hydrogen-bond acceptors (Lipinski definition) is 2. The number of aliphatic hydroxyl groups is 1. The topological polar surface area (TPSA) is 37.3 Å². The van der Waals surface area contributed by atoms with Crippen molar-refractivity contribution < 1.29 is 9.90 Å². The van der Waals surface area contributed by atoms with Gasteiger partial charge < -0.3 is 5.11 Å². The van der Waals surface area contributed by atoms with Crippen LogP contribution in [0.1, 0.15) is 23.2 Å². The highest BCUT2D eigenvalue weighted by Gasteiger charge is 2.35. The number of aliphatic hydroxyl groups excluding tert-OH is 1. The maximum atomic E-state index is 11.7. The molecule has 2 atom stereocenters. The largest absolute Gasteiger partial charge is 0.392 e. The smallest absolute Gasteiger partial charge is 0.168 e. The van der Waals surface area contributed by atoms with Crippen LogP contribution in [-0.4, -0.2) is 17.0 Å². The van der Waals surface area contributed by atoms with Gasteiger partial charge in [0.25, 0.3) is 0 Å². The Bertz CT molecular complexity index is 305. The summed E-state index contributed by atoms with van der Waals surface area (Å²) in [5, 5.41) is 9.32. The van der Waals surface area contributed by atoms with Crippen LogP contribution in [0.4, 0.5) is 0 Å². The summed E-state index contributed by atoms with van der Waals surface area (Å²) in [6.45, 7) is 0. The fourth-order valence-electron chi connectivity index (χ4n) is 1.60. The van der Waals surface area contributed by atoms with E-state index in [1.165, 1.54) is 0 Å². The Kier molecular flexibility index (Phi) is 2.15. The lowest BCUT2D eigenvalue weighted by Crippen LogP contribution is -2.37. The minimum Gasteiger partial charge on any atom is -0.392 e.